The molecule has 1 saturated carbocycles. The van der Waals surface area contributed by atoms with E-state index >= 15 is 0 Å². The van der Waals surface area contributed by atoms with Crippen molar-refractivity contribution in [2.45, 2.75) is 31.3 Å². The second kappa shape index (κ2) is 4.94. The fraction of sp³-hybridized carbons (Fsp3) is 0.438. The Kier molecular flexibility index (Phi) is 2.96. The second-order valence-electron chi connectivity index (χ2n) is 5.84. The molecule has 1 aromatic carbocycles. The smallest absolute Gasteiger partial charge is 0.0992 e. The molecular weight excluding hydrogens is 248 g/mol. The van der Waals surface area contributed by atoms with Gasteiger partial charge in [0.05, 0.1) is 17.7 Å². The zero-order valence-corrected chi connectivity index (χ0v) is 11.6. The monoisotopic (exact) mass is 268 g/mol. The maximum absolute atomic E-state index is 4.14. The summed E-state index contributed by atoms with van der Waals surface area (Å²) in [7, 11) is 0. The van der Waals surface area contributed by atoms with Crippen molar-refractivity contribution in [1.82, 2.24) is 14.5 Å². The van der Waals surface area contributed by atoms with E-state index in [1.807, 2.05) is 18.7 Å². The molecule has 1 saturated heterocycles. The standard InChI is InChI=1S/C16H20N4/c1-2-4-16(20-10-8-17-12-20)15(3-1)18-13-7-9-19(11-13)14-5-6-14/h1-4,8,10,12-14,18H,5-7,9,11H2. The van der Waals surface area contributed by atoms with Crippen LogP contribution in [0.3, 0.4) is 0 Å². The lowest BCUT2D eigenvalue weighted by Crippen LogP contribution is -2.28. The molecule has 1 aliphatic heterocycles. The van der Waals surface area contributed by atoms with Gasteiger partial charge in [-0.1, -0.05) is 12.1 Å². The molecule has 0 amide bonds. The van der Waals surface area contributed by atoms with Gasteiger partial charge in [0, 0.05) is 37.6 Å². The zero-order chi connectivity index (χ0) is 13.4. The second-order valence-corrected chi connectivity index (χ2v) is 5.84. The van der Waals surface area contributed by atoms with Gasteiger partial charge in [0.25, 0.3) is 0 Å². The summed E-state index contributed by atoms with van der Waals surface area (Å²) in [6.45, 7) is 2.43. The summed E-state index contributed by atoms with van der Waals surface area (Å²) in [4.78, 5) is 6.78. The average molecular weight is 268 g/mol. The minimum Gasteiger partial charge on any atom is -0.379 e. The van der Waals surface area contributed by atoms with Gasteiger partial charge in [0.2, 0.25) is 0 Å². The molecule has 0 bridgehead atoms. The Bertz CT molecular complexity index is 574. The first kappa shape index (κ1) is 12.0. The van der Waals surface area contributed by atoms with E-state index < -0.39 is 0 Å². The molecule has 2 fully saturated rings. The van der Waals surface area contributed by atoms with Crippen LogP contribution in [0.5, 0.6) is 0 Å². The van der Waals surface area contributed by atoms with Gasteiger partial charge >= 0.3 is 0 Å². The van der Waals surface area contributed by atoms with Crippen molar-refractivity contribution in [3.05, 3.63) is 43.0 Å². The van der Waals surface area contributed by atoms with Crippen molar-refractivity contribution in [3.63, 3.8) is 0 Å². The van der Waals surface area contributed by atoms with E-state index in [1.54, 1.807) is 0 Å². The number of rotatable bonds is 4. The molecular formula is C16H20N4. The third-order valence-corrected chi connectivity index (χ3v) is 4.33. The Balaban J connectivity index is 1.51. The highest BCUT2D eigenvalue weighted by Crippen LogP contribution is 2.31. The first-order valence-electron chi connectivity index (χ1n) is 7.48. The Morgan fingerprint density at radius 1 is 1.15 bits per heavy atom. The van der Waals surface area contributed by atoms with E-state index in [-0.39, 0.29) is 0 Å². The number of likely N-dealkylation sites (tertiary alicyclic amines) is 1. The SMILES string of the molecule is c1ccc(-n2ccnc2)c(NC2CCN(C3CC3)C2)c1. The first-order chi connectivity index (χ1) is 9.90. The van der Waals surface area contributed by atoms with Crippen molar-refractivity contribution in [1.29, 1.82) is 0 Å². The van der Waals surface area contributed by atoms with E-state index in [4.69, 9.17) is 0 Å². The average Bonchev–Trinajstić information content (AvgIpc) is 3.00. The van der Waals surface area contributed by atoms with Crippen LogP contribution in [-0.2, 0) is 0 Å². The Morgan fingerprint density at radius 2 is 2.05 bits per heavy atom. The molecule has 1 atom stereocenters. The van der Waals surface area contributed by atoms with Gasteiger partial charge in [-0.3, -0.25) is 4.90 Å². The summed E-state index contributed by atoms with van der Waals surface area (Å²) in [5, 5.41) is 3.72. The van der Waals surface area contributed by atoms with E-state index in [0.717, 1.165) is 6.04 Å². The Hall–Kier alpha value is -1.81. The molecule has 2 heterocycles. The molecule has 0 spiro atoms. The van der Waals surface area contributed by atoms with Crippen molar-refractivity contribution >= 4 is 5.69 Å². The van der Waals surface area contributed by atoms with E-state index in [2.05, 4.69) is 44.0 Å². The summed E-state index contributed by atoms with van der Waals surface area (Å²) in [6, 6.07) is 9.92. The van der Waals surface area contributed by atoms with Gasteiger partial charge in [-0.25, -0.2) is 4.98 Å². The first-order valence-corrected chi connectivity index (χ1v) is 7.48. The number of para-hydroxylation sites is 2. The zero-order valence-electron chi connectivity index (χ0n) is 11.6. The van der Waals surface area contributed by atoms with Crippen molar-refractivity contribution in [2.24, 2.45) is 0 Å². The molecule has 1 N–H and O–H groups in total. The molecule has 4 nitrogen and oxygen atoms in total. The fourth-order valence-electron chi connectivity index (χ4n) is 3.12. The molecule has 104 valence electrons. The number of nitrogens with one attached hydrogen (secondary N) is 1. The third kappa shape index (κ3) is 2.31. The lowest BCUT2D eigenvalue weighted by molar-refractivity contribution is 0.326. The van der Waals surface area contributed by atoms with Crippen LogP contribution < -0.4 is 5.32 Å². The summed E-state index contributed by atoms with van der Waals surface area (Å²) in [6.07, 6.45) is 9.71. The van der Waals surface area contributed by atoms with Gasteiger partial charge in [0.15, 0.2) is 0 Å². The van der Waals surface area contributed by atoms with Crippen LogP contribution >= 0.6 is 0 Å². The number of aromatic nitrogens is 2. The Morgan fingerprint density at radius 3 is 2.85 bits per heavy atom. The number of hydrogen-bond donors (Lipinski definition) is 1. The highest BCUT2D eigenvalue weighted by Gasteiger charge is 2.34. The number of hydrogen-bond acceptors (Lipinski definition) is 3. The molecule has 1 aliphatic carbocycles. The number of anilines is 1. The van der Waals surface area contributed by atoms with Crippen LogP contribution in [-0.4, -0.2) is 39.6 Å². The van der Waals surface area contributed by atoms with Crippen molar-refractivity contribution < 1.29 is 0 Å². The summed E-state index contributed by atoms with van der Waals surface area (Å²) in [5.41, 5.74) is 2.38. The van der Waals surface area contributed by atoms with Crippen LogP contribution in [0, 0.1) is 0 Å². The van der Waals surface area contributed by atoms with Crippen molar-refractivity contribution in [2.75, 3.05) is 18.4 Å². The minimum atomic E-state index is 0.570. The molecule has 0 radical (unpaired) electrons. The molecule has 4 heteroatoms. The maximum Gasteiger partial charge on any atom is 0.0992 e. The van der Waals surface area contributed by atoms with Gasteiger partial charge in [-0.15, -0.1) is 0 Å². The van der Waals surface area contributed by atoms with Gasteiger partial charge in [-0.05, 0) is 31.4 Å². The molecule has 2 aromatic rings. The predicted octanol–water partition coefficient (Wildman–Crippen LogP) is 2.52. The quantitative estimate of drug-likeness (QED) is 0.925. The fourth-order valence-corrected chi connectivity index (χ4v) is 3.12. The highest BCUT2D eigenvalue weighted by molar-refractivity contribution is 5.61. The predicted molar refractivity (Wildman–Crippen MR) is 80.2 cm³/mol. The van der Waals surface area contributed by atoms with Gasteiger partial charge in [-0.2, -0.15) is 0 Å². The number of benzene rings is 1. The molecule has 1 unspecified atom stereocenters. The normalized spacial score (nSPS) is 23.1. The van der Waals surface area contributed by atoms with Crippen LogP contribution in [0.1, 0.15) is 19.3 Å². The Labute approximate surface area is 119 Å². The molecule has 2 aliphatic rings. The van der Waals surface area contributed by atoms with E-state index in [1.165, 1.54) is 43.7 Å². The highest BCUT2D eigenvalue weighted by atomic mass is 15.2. The number of nitrogens with zero attached hydrogens (tertiary/aromatic N) is 3. The van der Waals surface area contributed by atoms with E-state index in [9.17, 15) is 0 Å². The summed E-state index contributed by atoms with van der Waals surface area (Å²) < 4.78 is 2.07. The van der Waals surface area contributed by atoms with Crippen LogP contribution in [0.15, 0.2) is 43.0 Å². The molecule has 20 heavy (non-hydrogen) atoms. The summed E-state index contributed by atoms with van der Waals surface area (Å²) in [5.74, 6) is 0. The van der Waals surface area contributed by atoms with Gasteiger partial charge < -0.3 is 9.88 Å². The van der Waals surface area contributed by atoms with Crippen LogP contribution in [0.25, 0.3) is 5.69 Å². The molecule has 1 aromatic heterocycles. The minimum absolute atomic E-state index is 0.570. The summed E-state index contributed by atoms with van der Waals surface area (Å²) >= 11 is 0. The lowest BCUT2D eigenvalue weighted by Gasteiger charge is -2.19. The maximum atomic E-state index is 4.14. The van der Waals surface area contributed by atoms with Crippen molar-refractivity contribution in [3.8, 4) is 5.69 Å². The van der Waals surface area contributed by atoms with E-state index in [0.29, 0.717) is 6.04 Å². The number of imidazole rings is 1. The van der Waals surface area contributed by atoms with Crippen LogP contribution in [0.4, 0.5) is 5.69 Å². The largest absolute Gasteiger partial charge is 0.379 e. The van der Waals surface area contributed by atoms with Crippen LogP contribution in [0.2, 0.25) is 0 Å². The third-order valence-electron chi connectivity index (χ3n) is 4.33. The lowest BCUT2D eigenvalue weighted by atomic mass is 10.2. The van der Waals surface area contributed by atoms with Gasteiger partial charge in [0.1, 0.15) is 0 Å². The topological polar surface area (TPSA) is 33.1 Å². The molecule has 4 rings (SSSR count).